The van der Waals surface area contributed by atoms with Gasteiger partial charge in [-0.1, -0.05) is 11.6 Å². The first-order valence-corrected chi connectivity index (χ1v) is 11.0. The van der Waals surface area contributed by atoms with Gasteiger partial charge in [-0.2, -0.15) is 0 Å². The molecule has 0 aromatic heterocycles. The third-order valence-electron chi connectivity index (χ3n) is 5.44. The van der Waals surface area contributed by atoms with Gasteiger partial charge in [-0.3, -0.25) is 9.59 Å². The SMILES string of the molecule is CC(=O)c1ccc(N2CCN(C(=O)COC(=O)C(C)Oc3ccc(Cl)cc3C)CC2)c(F)c1. The molecular formula is C24H26ClFN2O5. The summed E-state index contributed by atoms with van der Waals surface area (Å²) >= 11 is 5.92. The van der Waals surface area contributed by atoms with Crippen LogP contribution in [0.15, 0.2) is 36.4 Å². The summed E-state index contributed by atoms with van der Waals surface area (Å²) in [6.07, 6.45) is -0.893. The van der Waals surface area contributed by atoms with E-state index in [9.17, 15) is 18.8 Å². The molecule has 1 aliphatic rings. The van der Waals surface area contributed by atoms with E-state index < -0.39 is 24.5 Å². The van der Waals surface area contributed by atoms with Crippen molar-refractivity contribution in [2.75, 3.05) is 37.7 Å². The molecule has 7 nitrogen and oxygen atoms in total. The Labute approximate surface area is 197 Å². The van der Waals surface area contributed by atoms with Crippen LogP contribution < -0.4 is 9.64 Å². The second kappa shape index (κ2) is 10.7. The summed E-state index contributed by atoms with van der Waals surface area (Å²) in [5.74, 6) is -1.14. The molecule has 0 bridgehead atoms. The predicted octanol–water partition coefficient (Wildman–Crippen LogP) is 3.65. The van der Waals surface area contributed by atoms with E-state index >= 15 is 0 Å². The molecule has 1 aliphatic heterocycles. The van der Waals surface area contributed by atoms with Gasteiger partial charge in [0, 0.05) is 36.8 Å². The first-order chi connectivity index (χ1) is 15.7. The maximum absolute atomic E-state index is 14.4. The second-order valence-electron chi connectivity index (χ2n) is 7.87. The van der Waals surface area contributed by atoms with Gasteiger partial charge < -0.3 is 19.3 Å². The first-order valence-electron chi connectivity index (χ1n) is 10.6. The Kier molecular flexibility index (Phi) is 7.92. The number of nitrogens with zero attached hydrogens (tertiary/aromatic N) is 2. The number of halogens is 2. The van der Waals surface area contributed by atoms with E-state index in [2.05, 4.69) is 0 Å². The fourth-order valence-electron chi connectivity index (χ4n) is 3.50. The van der Waals surface area contributed by atoms with Crippen LogP contribution in [0.3, 0.4) is 0 Å². The summed E-state index contributed by atoms with van der Waals surface area (Å²) in [5, 5.41) is 0.566. The Morgan fingerprint density at radius 2 is 1.79 bits per heavy atom. The largest absolute Gasteiger partial charge is 0.479 e. The molecule has 0 aliphatic carbocycles. The maximum Gasteiger partial charge on any atom is 0.347 e. The number of aryl methyl sites for hydroxylation is 1. The van der Waals surface area contributed by atoms with Crippen molar-refractivity contribution in [2.45, 2.75) is 26.9 Å². The fourth-order valence-corrected chi connectivity index (χ4v) is 3.73. The highest BCUT2D eigenvalue weighted by Gasteiger charge is 2.25. The minimum Gasteiger partial charge on any atom is -0.479 e. The molecule has 0 N–H and O–H groups in total. The molecule has 3 rings (SSSR count). The third-order valence-corrected chi connectivity index (χ3v) is 5.67. The van der Waals surface area contributed by atoms with Crippen molar-refractivity contribution in [2.24, 2.45) is 0 Å². The van der Waals surface area contributed by atoms with Crippen molar-refractivity contribution in [1.29, 1.82) is 0 Å². The van der Waals surface area contributed by atoms with E-state index in [1.165, 1.54) is 13.0 Å². The number of Topliss-reactive ketones (excluding diaryl/α,β-unsaturated/α-hetero) is 1. The molecule has 2 aromatic carbocycles. The van der Waals surface area contributed by atoms with Gasteiger partial charge in [-0.25, -0.2) is 9.18 Å². The highest BCUT2D eigenvalue weighted by molar-refractivity contribution is 6.30. The van der Waals surface area contributed by atoms with Gasteiger partial charge in [0.15, 0.2) is 18.5 Å². The van der Waals surface area contributed by atoms with Gasteiger partial charge in [0.1, 0.15) is 11.6 Å². The van der Waals surface area contributed by atoms with Crippen LogP contribution in [0.1, 0.15) is 29.8 Å². The number of carbonyl (C=O) groups is 3. The standard InChI is InChI=1S/C24H26ClFN2O5/c1-15-12-19(25)5-7-22(15)33-17(3)24(31)32-14-23(30)28-10-8-27(9-11-28)21-6-4-18(16(2)29)13-20(21)26/h4-7,12-13,17H,8-11,14H2,1-3H3. The van der Waals surface area contributed by atoms with Crippen LogP contribution in [0.5, 0.6) is 5.75 Å². The number of piperazine rings is 1. The van der Waals surface area contributed by atoms with Crippen LogP contribution in [0.4, 0.5) is 10.1 Å². The Bertz CT molecular complexity index is 1050. The number of esters is 1. The van der Waals surface area contributed by atoms with Gasteiger partial charge in [0.25, 0.3) is 5.91 Å². The van der Waals surface area contributed by atoms with Crippen LogP contribution in [0.25, 0.3) is 0 Å². The van der Waals surface area contributed by atoms with Crippen LogP contribution in [-0.4, -0.2) is 61.4 Å². The van der Waals surface area contributed by atoms with Crippen LogP contribution in [0.2, 0.25) is 5.02 Å². The Morgan fingerprint density at radius 1 is 1.09 bits per heavy atom. The van der Waals surface area contributed by atoms with Gasteiger partial charge in [-0.15, -0.1) is 0 Å². The van der Waals surface area contributed by atoms with E-state index in [-0.39, 0.29) is 11.7 Å². The smallest absolute Gasteiger partial charge is 0.347 e. The summed E-state index contributed by atoms with van der Waals surface area (Å²) in [5.41, 5.74) is 1.49. The molecule has 9 heteroatoms. The van der Waals surface area contributed by atoms with E-state index in [1.54, 1.807) is 42.2 Å². The maximum atomic E-state index is 14.4. The quantitative estimate of drug-likeness (QED) is 0.448. The Balaban J connectivity index is 1.47. The van der Waals surface area contributed by atoms with Crippen molar-refractivity contribution in [3.05, 3.63) is 58.4 Å². The highest BCUT2D eigenvalue weighted by atomic mass is 35.5. The van der Waals surface area contributed by atoms with E-state index in [0.717, 1.165) is 5.56 Å². The van der Waals surface area contributed by atoms with Crippen molar-refractivity contribution in [3.63, 3.8) is 0 Å². The molecule has 33 heavy (non-hydrogen) atoms. The van der Waals surface area contributed by atoms with E-state index in [4.69, 9.17) is 21.1 Å². The highest BCUT2D eigenvalue weighted by Crippen LogP contribution is 2.24. The van der Waals surface area contributed by atoms with E-state index in [1.807, 2.05) is 11.8 Å². The van der Waals surface area contributed by atoms with Crippen molar-refractivity contribution in [1.82, 2.24) is 4.90 Å². The number of rotatable bonds is 7. The molecule has 1 saturated heterocycles. The summed E-state index contributed by atoms with van der Waals surface area (Å²) in [4.78, 5) is 39.5. The normalized spacial score (nSPS) is 14.6. The van der Waals surface area contributed by atoms with Gasteiger partial charge in [0.05, 0.1) is 5.69 Å². The molecule has 1 amide bonds. The number of hydrogen-bond acceptors (Lipinski definition) is 6. The molecule has 1 atom stereocenters. The third kappa shape index (κ3) is 6.22. The molecule has 1 unspecified atom stereocenters. The molecule has 0 spiro atoms. The summed E-state index contributed by atoms with van der Waals surface area (Å²) in [6.45, 7) is 5.92. The molecular weight excluding hydrogens is 451 g/mol. The van der Waals surface area contributed by atoms with Crippen molar-refractivity contribution in [3.8, 4) is 5.75 Å². The molecule has 1 fully saturated rings. The van der Waals surface area contributed by atoms with Gasteiger partial charge in [0.2, 0.25) is 0 Å². The monoisotopic (exact) mass is 476 g/mol. The Hall–Kier alpha value is -3.13. The zero-order valence-corrected chi connectivity index (χ0v) is 19.5. The molecule has 1 heterocycles. The average molecular weight is 477 g/mol. The topological polar surface area (TPSA) is 76.2 Å². The lowest BCUT2D eigenvalue weighted by atomic mass is 10.1. The van der Waals surface area contributed by atoms with Crippen LogP contribution in [0, 0.1) is 12.7 Å². The van der Waals surface area contributed by atoms with Gasteiger partial charge in [-0.05, 0) is 62.7 Å². The molecule has 176 valence electrons. The molecule has 0 radical (unpaired) electrons. The van der Waals surface area contributed by atoms with Crippen LogP contribution >= 0.6 is 11.6 Å². The zero-order valence-electron chi connectivity index (χ0n) is 18.8. The average Bonchev–Trinajstić information content (AvgIpc) is 2.79. The van der Waals surface area contributed by atoms with E-state index in [0.29, 0.717) is 48.2 Å². The molecule has 2 aromatic rings. The summed E-state index contributed by atoms with van der Waals surface area (Å²) in [7, 11) is 0. The zero-order chi connectivity index (χ0) is 24.1. The number of amides is 1. The number of ether oxygens (including phenoxy) is 2. The minimum absolute atomic E-state index is 0.201. The lowest BCUT2D eigenvalue weighted by Gasteiger charge is -2.36. The van der Waals surface area contributed by atoms with Crippen LogP contribution in [-0.2, 0) is 14.3 Å². The lowest BCUT2D eigenvalue weighted by molar-refractivity contribution is -0.157. The Morgan fingerprint density at radius 3 is 2.39 bits per heavy atom. The second-order valence-corrected chi connectivity index (χ2v) is 8.30. The lowest BCUT2D eigenvalue weighted by Crippen LogP contribution is -2.50. The molecule has 0 saturated carbocycles. The number of carbonyl (C=O) groups excluding carboxylic acids is 3. The first kappa shape index (κ1) is 24.5. The summed E-state index contributed by atoms with van der Waals surface area (Å²) in [6, 6.07) is 9.45. The summed E-state index contributed by atoms with van der Waals surface area (Å²) < 4.78 is 25.1. The van der Waals surface area contributed by atoms with Crippen molar-refractivity contribution < 1.29 is 28.2 Å². The number of ketones is 1. The number of benzene rings is 2. The number of anilines is 1. The van der Waals surface area contributed by atoms with Gasteiger partial charge >= 0.3 is 5.97 Å². The fraction of sp³-hybridized carbons (Fsp3) is 0.375. The minimum atomic E-state index is -0.893. The predicted molar refractivity (Wildman–Crippen MR) is 122 cm³/mol. The number of hydrogen-bond donors (Lipinski definition) is 0. The van der Waals surface area contributed by atoms with Crippen molar-refractivity contribution >= 4 is 34.9 Å².